The summed E-state index contributed by atoms with van der Waals surface area (Å²) >= 11 is 0. The normalized spacial score (nSPS) is 12.7. The van der Waals surface area contributed by atoms with E-state index in [-0.39, 0.29) is 11.6 Å². The van der Waals surface area contributed by atoms with Crippen molar-refractivity contribution in [3.05, 3.63) is 29.3 Å². The average Bonchev–Trinajstić information content (AvgIpc) is 2.51. The first-order valence-corrected chi connectivity index (χ1v) is 9.01. The van der Waals surface area contributed by atoms with Gasteiger partial charge in [-0.25, -0.2) is 0 Å². The van der Waals surface area contributed by atoms with Crippen molar-refractivity contribution in [3.8, 4) is 5.75 Å². The standard InChI is InChI=1S/C20H32O5/c1-6-23-17-14-15(9-12-19(22)25-20(3,4)5)8-10-16(17)11-13-18(21)24-7-2/h8,10,14,19,22H,6-7,9,11-13H2,1-5H3/t19-/m0/s1. The van der Waals surface area contributed by atoms with Gasteiger partial charge in [-0.2, -0.15) is 0 Å². The highest BCUT2D eigenvalue weighted by Gasteiger charge is 2.16. The van der Waals surface area contributed by atoms with Gasteiger partial charge < -0.3 is 19.3 Å². The molecule has 0 aromatic heterocycles. The van der Waals surface area contributed by atoms with Crippen LogP contribution in [0.4, 0.5) is 0 Å². The summed E-state index contributed by atoms with van der Waals surface area (Å²) in [6, 6.07) is 5.97. The fourth-order valence-electron chi connectivity index (χ4n) is 2.48. The maximum atomic E-state index is 11.5. The molecule has 5 nitrogen and oxygen atoms in total. The molecule has 0 heterocycles. The van der Waals surface area contributed by atoms with Crippen LogP contribution in [0, 0.1) is 0 Å². The summed E-state index contributed by atoms with van der Waals surface area (Å²) in [6.45, 7) is 10.4. The minimum atomic E-state index is -0.793. The van der Waals surface area contributed by atoms with E-state index in [1.165, 1.54) is 0 Å². The van der Waals surface area contributed by atoms with Gasteiger partial charge in [0.05, 0.1) is 18.8 Å². The molecule has 1 N–H and O–H groups in total. The molecular weight excluding hydrogens is 320 g/mol. The molecular formula is C20H32O5. The second-order valence-electron chi connectivity index (χ2n) is 6.90. The van der Waals surface area contributed by atoms with Crippen molar-refractivity contribution in [1.82, 2.24) is 0 Å². The zero-order valence-electron chi connectivity index (χ0n) is 16.1. The maximum Gasteiger partial charge on any atom is 0.306 e. The Hall–Kier alpha value is -1.59. The van der Waals surface area contributed by atoms with E-state index < -0.39 is 6.29 Å². The lowest BCUT2D eigenvalue weighted by Crippen LogP contribution is -2.27. The van der Waals surface area contributed by atoms with Gasteiger partial charge in [0.25, 0.3) is 0 Å². The maximum absolute atomic E-state index is 11.5. The number of carbonyl (C=O) groups excluding carboxylic acids is 1. The Morgan fingerprint density at radius 3 is 2.48 bits per heavy atom. The number of carbonyl (C=O) groups is 1. The van der Waals surface area contributed by atoms with Crippen molar-refractivity contribution >= 4 is 5.97 Å². The van der Waals surface area contributed by atoms with Crippen molar-refractivity contribution in [2.75, 3.05) is 13.2 Å². The predicted octanol–water partition coefficient (Wildman–Crippen LogP) is 3.65. The Balaban J connectivity index is 2.67. The molecule has 1 aromatic rings. The van der Waals surface area contributed by atoms with E-state index in [9.17, 15) is 9.90 Å². The minimum Gasteiger partial charge on any atom is -0.494 e. The van der Waals surface area contributed by atoms with E-state index in [4.69, 9.17) is 14.2 Å². The average molecular weight is 352 g/mol. The summed E-state index contributed by atoms with van der Waals surface area (Å²) in [5.74, 6) is 0.590. The molecule has 1 rings (SSSR count). The monoisotopic (exact) mass is 352 g/mol. The topological polar surface area (TPSA) is 65.0 Å². The zero-order chi connectivity index (χ0) is 18.9. The van der Waals surface area contributed by atoms with Gasteiger partial charge in [0.1, 0.15) is 5.75 Å². The molecule has 1 atom stereocenters. The van der Waals surface area contributed by atoms with E-state index in [0.717, 1.165) is 16.9 Å². The molecule has 0 bridgehead atoms. The first kappa shape index (κ1) is 21.5. The van der Waals surface area contributed by atoms with Gasteiger partial charge in [-0.05, 0) is 64.7 Å². The van der Waals surface area contributed by atoms with Gasteiger partial charge in [0, 0.05) is 12.8 Å². The van der Waals surface area contributed by atoms with Crippen LogP contribution < -0.4 is 4.74 Å². The Kier molecular flexibility index (Phi) is 8.93. The Morgan fingerprint density at radius 2 is 1.88 bits per heavy atom. The van der Waals surface area contributed by atoms with Crippen molar-refractivity contribution < 1.29 is 24.1 Å². The molecule has 0 aliphatic carbocycles. The van der Waals surface area contributed by atoms with Gasteiger partial charge >= 0.3 is 5.97 Å². The number of aryl methyl sites for hydroxylation is 2. The summed E-state index contributed by atoms with van der Waals surface area (Å²) in [6.07, 6.45) is 1.34. The fourth-order valence-corrected chi connectivity index (χ4v) is 2.48. The molecule has 0 saturated heterocycles. The van der Waals surface area contributed by atoms with E-state index in [1.54, 1.807) is 6.92 Å². The van der Waals surface area contributed by atoms with Gasteiger partial charge in [0.2, 0.25) is 0 Å². The first-order valence-electron chi connectivity index (χ1n) is 9.01. The molecule has 0 fully saturated rings. The van der Waals surface area contributed by atoms with Gasteiger partial charge in [0.15, 0.2) is 6.29 Å². The van der Waals surface area contributed by atoms with Crippen molar-refractivity contribution in [3.63, 3.8) is 0 Å². The van der Waals surface area contributed by atoms with Crippen LogP contribution in [0.25, 0.3) is 0 Å². The third-order valence-electron chi connectivity index (χ3n) is 3.50. The molecule has 0 aliphatic heterocycles. The number of aliphatic hydroxyl groups excluding tert-OH is 1. The summed E-state index contributed by atoms with van der Waals surface area (Å²) in [5.41, 5.74) is 1.69. The lowest BCUT2D eigenvalue weighted by Gasteiger charge is -2.24. The number of rotatable bonds is 10. The van der Waals surface area contributed by atoms with Gasteiger partial charge in [-0.15, -0.1) is 0 Å². The number of ether oxygens (including phenoxy) is 3. The molecule has 142 valence electrons. The van der Waals surface area contributed by atoms with E-state index in [1.807, 2.05) is 45.9 Å². The fraction of sp³-hybridized carbons (Fsp3) is 0.650. The van der Waals surface area contributed by atoms with Crippen molar-refractivity contribution in [2.24, 2.45) is 0 Å². The summed E-state index contributed by atoms with van der Waals surface area (Å²) in [5, 5.41) is 9.96. The minimum absolute atomic E-state index is 0.198. The highest BCUT2D eigenvalue weighted by molar-refractivity contribution is 5.69. The van der Waals surface area contributed by atoms with E-state index in [0.29, 0.717) is 38.9 Å². The van der Waals surface area contributed by atoms with Crippen LogP contribution in [-0.2, 0) is 27.1 Å². The number of hydrogen-bond acceptors (Lipinski definition) is 5. The second-order valence-corrected chi connectivity index (χ2v) is 6.90. The lowest BCUT2D eigenvalue weighted by atomic mass is 10.0. The van der Waals surface area contributed by atoms with E-state index in [2.05, 4.69) is 0 Å². The largest absolute Gasteiger partial charge is 0.494 e. The summed E-state index contributed by atoms with van der Waals surface area (Å²) in [7, 11) is 0. The smallest absolute Gasteiger partial charge is 0.306 e. The van der Waals surface area contributed by atoms with Crippen LogP contribution in [0.15, 0.2) is 18.2 Å². The highest BCUT2D eigenvalue weighted by atomic mass is 16.6. The second kappa shape index (κ2) is 10.4. The molecule has 0 radical (unpaired) electrons. The quantitative estimate of drug-likeness (QED) is 0.514. The molecule has 0 spiro atoms. The van der Waals surface area contributed by atoms with Crippen LogP contribution in [0.2, 0.25) is 0 Å². The van der Waals surface area contributed by atoms with Crippen LogP contribution in [0.1, 0.15) is 58.6 Å². The van der Waals surface area contributed by atoms with Crippen molar-refractivity contribution in [2.45, 2.75) is 72.2 Å². The SMILES string of the molecule is CCOC(=O)CCc1ccc(CC[C@@H](O)OC(C)(C)C)cc1OCC. The zero-order valence-corrected chi connectivity index (χ0v) is 16.1. The predicted molar refractivity (Wildman–Crippen MR) is 97.7 cm³/mol. The van der Waals surface area contributed by atoms with Crippen LogP contribution in [0.3, 0.4) is 0 Å². The molecule has 0 aliphatic rings. The Labute approximate surface area is 151 Å². The first-order chi connectivity index (χ1) is 11.7. The number of hydrogen-bond donors (Lipinski definition) is 1. The van der Waals surface area contributed by atoms with Crippen LogP contribution in [0.5, 0.6) is 5.75 Å². The van der Waals surface area contributed by atoms with E-state index >= 15 is 0 Å². The molecule has 5 heteroatoms. The van der Waals surface area contributed by atoms with Crippen LogP contribution in [-0.4, -0.2) is 36.2 Å². The molecule has 0 unspecified atom stereocenters. The third kappa shape index (κ3) is 8.89. The molecule has 0 amide bonds. The summed E-state index contributed by atoms with van der Waals surface area (Å²) in [4.78, 5) is 11.5. The van der Waals surface area contributed by atoms with Crippen LogP contribution >= 0.6 is 0 Å². The highest BCUT2D eigenvalue weighted by Crippen LogP contribution is 2.24. The van der Waals surface area contributed by atoms with Crippen molar-refractivity contribution in [1.29, 1.82) is 0 Å². The molecule has 1 aromatic carbocycles. The van der Waals surface area contributed by atoms with Gasteiger partial charge in [-0.3, -0.25) is 4.79 Å². The number of benzene rings is 1. The lowest BCUT2D eigenvalue weighted by molar-refractivity contribution is -0.167. The summed E-state index contributed by atoms with van der Waals surface area (Å²) < 4.78 is 16.2. The number of aliphatic hydroxyl groups is 1. The Bertz CT molecular complexity index is 533. The molecule has 0 saturated carbocycles. The van der Waals surface area contributed by atoms with Gasteiger partial charge in [-0.1, -0.05) is 12.1 Å². The molecule has 25 heavy (non-hydrogen) atoms. The third-order valence-corrected chi connectivity index (χ3v) is 3.50. The Morgan fingerprint density at radius 1 is 1.16 bits per heavy atom. The number of esters is 1.